The number of halogens is 1. The third-order valence-electron chi connectivity index (χ3n) is 5.70. The first-order valence-corrected chi connectivity index (χ1v) is 11.5. The molecule has 178 valence electrons. The van der Waals surface area contributed by atoms with Gasteiger partial charge in [0.2, 0.25) is 11.8 Å². The van der Waals surface area contributed by atoms with Crippen molar-refractivity contribution in [3.05, 3.63) is 88.6 Å². The van der Waals surface area contributed by atoms with Crippen LogP contribution in [0.15, 0.2) is 71.4 Å². The highest BCUT2D eigenvalue weighted by atomic mass is 35.5. The molecule has 4 rings (SSSR count). The number of amides is 2. The molecule has 1 heterocycles. The van der Waals surface area contributed by atoms with E-state index in [1.54, 1.807) is 30.5 Å². The first-order chi connectivity index (χ1) is 16.8. The molecule has 0 spiro atoms. The average Bonchev–Trinajstić information content (AvgIpc) is 3.26. The number of hydrogen-bond donors (Lipinski definition) is 2. The van der Waals surface area contributed by atoms with E-state index in [0.29, 0.717) is 28.6 Å². The van der Waals surface area contributed by atoms with Crippen molar-refractivity contribution in [2.75, 3.05) is 11.9 Å². The highest BCUT2D eigenvalue weighted by Crippen LogP contribution is 2.41. The van der Waals surface area contributed by atoms with Gasteiger partial charge in [-0.3, -0.25) is 9.59 Å². The van der Waals surface area contributed by atoms with E-state index in [-0.39, 0.29) is 5.91 Å². The highest BCUT2D eigenvalue weighted by Gasteiger charge is 2.19. The summed E-state index contributed by atoms with van der Waals surface area (Å²) in [5, 5.41) is 4.38. The zero-order valence-corrected chi connectivity index (χ0v) is 20.4. The molecule has 0 saturated heterocycles. The van der Waals surface area contributed by atoms with Crippen molar-refractivity contribution in [3.8, 4) is 16.9 Å². The molecule has 0 unspecified atom stereocenters. The molecule has 3 N–H and O–H groups in total. The van der Waals surface area contributed by atoms with Crippen molar-refractivity contribution in [3.63, 3.8) is 0 Å². The second-order valence-corrected chi connectivity index (χ2v) is 8.54. The van der Waals surface area contributed by atoms with Gasteiger partial charge in [0.05, 0.1) is 12.9 Å². The topological polar surface area (TPSA) is 94.6 Å². The number of nitrogens with two attached hydrogens (primary N) is 1. The van der Waals surface area contributed by atoms with E-state index in [2.05, 4.69) is 5.32 Å². The van der Waals surface area contributed by atoms with Gasteiger partial charge in [0, 0.05) is 44.4 Å². The number of aryl methyl sites for hydroxylation is 1. The number of nitrogens with one attached hydrogen (secondary N) is 1. The molecule has 0 aliphatic rings. The summed E-state index contributed by atoms with van der Waals surface area (Å²) in [5.41, 5.74) is 11.2. The summed E-state index contributed by atoms with van der Waals surface area (Å²) in [5.74, 6) is -0.158. The molecule has 7 heteroatoms. The van der Waals surface area contributed by atoms with Gasteiger partial charge in [-0.25, -0.2) is 0 Å². The largest absolute Gasteiger partial charge is 0.493 e. The lowest BCUT2D eigenvalue weighted by atomic mass is 9.96. The number of ether oxygens (including phenoxy) is 1. The van der Waals surface area contributed by atoms with E-state index in [4.69, 9.17) is 26.5 Å². The van der Waals surface area contributed by atoms with Crippen molar-refractivity contribution in [2.24, 2.45) is 5.73 Å². The third-order valence-corrected chi connectivity index (χ3v) is 5.95. The fraction of sp³-hybridized carbons (Fsp3) is 0.143. The van der Waals surface area contributed by atoms with Gasteiger partial charge in [0.25, 0.3) is 0 Å². The van der Waals surface area contributed by atoms with Crippen LogP contribution in [0.3, 0.4) is 0 Å². The number of fused-ring (bicyclic) bond motifs is 1. The Morgan fingerprint density at radius 1 is 1.11 bits per heavy atom. The minimum Gasteiger partial charge on any atom is -0.493 e. The Bertz CT molecular complexity index is 1430. The number of anilines is 1. The molecule has 35 heavy (non-hydrogen) atoms. The van der Waals surface area contributed by atoms with Gasteiger partial charge in [-0.2, -0.15) is 0 Å². The monoisotopic (exact) mass is 488 g/mol. The molecule has 0 atom stereocenters. The number of carbonyl (C=O) groups excluding carboxylic acids is 2. The van der Waals surface area contributed by atoms with E-state index in [9.17, 15) is 9.59 Å². The minimum absolute atomic E-state index is 0.306. The lowest BCUT2D eigenvalue weighted by Gasteiger charge is -2.15. The number of primary amides is 1. The molecule has 0 fully saturated rings. The zero-order valence-electron chi connectivity index (χ0n) is 19.6. The maximum atomic E-state index is 12.8. The molecular formula is C28H25ClN2O4. The van der Waals surface area contributed by atoms with Gasteiger partial charge in [0.1, 0.15) is 11.3 Å². The van der Waals surface area contributed by atoms with Gasteiger partial charge in [-0.05, 0) is 74.4 Å². The van der Waals surface area contributed by atoms with Crippen LogP contribution in [0.2, 0.25) is 5.02 Å². The Labute approximate surface area is 208 Å². The Kier molecular flexibility index (Phi) is 6.94. The average molecular weight is 489 g/mol. The molecular weight excluding hydrogens is 464 g/mol. The van der Waals surface area contributed by atoms with E-state index in [1.807, 2.05) is 51.1 Å². The van der Waals surface area contributed by atoms with Crippen LogP contribution in [0.5, 0.6) is 5.75 Å². The van der Waals surface area contributed by atoms with Gasteiger partial charge in [-0.15, -0.1) is 0 Å². The molecule has 0 aliphatic carbocycles. The fourth-order valence-corrected chi connectivity index (χ4v) is 4.09. The van der Waals surface area contributed by atoms with E-state index in [1.165, 1.54) is 6.08 Å². The summed E-state index contributed by atoms with van der Waals surface area (Å²) in [7, 11) is 0. The molecule has 6 nitrogen and oxygen atoms in total. The Morgan fingerprint density at radius 2 is 1.80 bits per heavy atom. The Hall–Kier alpha value is -4.03. The standard InChI is InChI=1S/C28H25ClN2O4/c1-4-34-26-17(3)27-23(24(15-35-27)18-5-9-20(29)10-6-18)14-22(26)16(2)13-25(32)31-21-11-7-19(8-12-21)28(30)33/h5-15H,4H2,1-3H3,(H2,30,33)(H,31,32)/b16-13+. The number of hydrogen-bond acceptors (Lipinski definition) is 4. The fourth-order valence-electron chi connectivity index (χ4n) is 3.96. The van der Waals surface area contributed by atoms with Crippen molar-refractivity contribution >= 4 is 45.6 Å². The molecule has 2 amide bonds. The van der Waals surface area contributed by atoms with Crippen LogP contribution in [0.1, 0.15) is 35.3 Å². The Balaban J connectivity index is 1.72. The summed E-state index contributed by atoms with van der Waals surface area (Å²) in [4.78, 5) is 24.0. The van der Waals surface area contributed by atoms with Crippen molar-refractivity contribution in [1.29, 1.82) is 0 Å². The second-order valence-electron chi connectivity index (χ2n) is 8.10. The van der Waals surface area contributed by atoms with Crippen molar-refractivity contribution in [2.45, 2.75) is 20.8 Å². The molecule has 3 aromatic carbocycles. The van der Waals surface area contributed by atoms with E-state index in [0.717, 1.165) is 38.8 Å². The number of carbonyl (C=O) groups is 2. The smallest absolute Gasteiger partial charge is 0.248 e. The van der Waals surface area contributed by atoms with Crippen LogP contribution in [-0.2, 0) is 4.79 Å². The third kappa shape index (κ3) is 5.08. The number of benzene rings is 3. The van der Waals surface area contributed by atoms with Gasteiger partial charge in [0.15, 0.2) is 0 Å². The predicted octanol–water partition coefficient (Wildman–Crippen LogP) is 6.60. The number of allylic oxidation sites excluding steroid dienone is 1. The summed E-state index contributed by atoms with van der Waals surface area (Å²) in [6.45, 7) is 6.19. The SMILES string of the molecule is CCOc1c(/C(C)=C/C(=O)Nc2ccc(C(N)=O)cc2)cc2c(-c3ccc(Cl)cc3)coc2c1C. The van der Waals surface area contributed by atoms with Crippen LogP contribution < -0.4 is 15.8 Å². The summed E-state index contributed by atoms with van der Waals surface area (Å²) >= 11 is 6.06. The number of furan rings is 1. The summed E-state index contributed by atoms with van der Waals surface area (Å²) < 4.78 is 11.9. The zero-order chi connectivity index (χ0) is 25.1. The summed E-state index contributed by atoms with van der Waals surface area (Å²) in [6.07, 6.45) is 3.25. The van der Waals surface area contributed by atoms with Crippen LogP contribution >= 0.6 is 11.6 Å². The molecule has 0 aliphatic heterocycles. The van der Waals surface area contributed by atoms with E-state index >= 15 is 0 Å². The second kappa shape index (κ2) is 10.1. The predicted molar refractivity (Wildman–Crippen MR) is 140 cm³/mol. The van der Waals surface area contributed by atoms with Crippen LogP contribution in [0.25, 0.3) is 27.7 Å². The lowest BCUT2D eigenvalue weighted by molar-refractivity contribution is -0.111. The summed E-state index contributed by atoms with van der Waals surface area (Å²) in [6, 6.07) is 15.9. The maximum Gasteiger partial charge on any atom is 0.248 e. The van der Waals surface area contributed by atoms with Crippen LogP contribution in [0, 0.1) is 6.92 Å². The van der Waals surface area contributed by atoms with Crippen LogP contribution in [0.4, 0.5) is 5.69 Å². The Morgan fingerprint density at radius 3 is 2.43 bits per heavy atom. The van der Waals surface area contributed by atoms with E-state index < -0.39 is 5.91 Å². The molecule has 0 saturated carbocycles. The maximum absolute atomic E-state index is 12.8. The highest BCUT2D eigenvalue weighted by molar-refractivity contribution is 6.30. The molecule has 0 bridgehead atoms. The molecule has 0 radical (unpaired) electrons. The lowest BCUT2D eigenvalue weighted by Crippen LogP contribution is -2.12. The minimum atomic E-state index is -0.523. The van der Waals surface area contributed by atoms with Gasteiger partial charge in [-0.1, -0.05) is 23.7 Å². The molecule has 4 aromatic rings. The van der Waals surface area contributed by atoms with Gasteiger partial charge >= 0.3 is 0 Å². The molecule has 1 aromatic heterocycles. The van der Waals surface area contributed by atoms with Gasteiger partial charge < -0.3 is 20.2 Å². The normalized spacial score (nSPS) is 11.5. The van der Waals surface area contributed by atoms with Crippen molar-refractivity contribution < 1.29 is 18.7 Å². The quantitative estimate of drug-likeness (QED) is 0.286. The van der Waals surface area contributed by atoms with Crippen LogP contribution in [-0.4, -0.2) is 18.4 Å². The number of rotatable bonds is 7. The first-order valence-electron chi connectivity index (χ1n) is 11.1. The van der Waals surface area contributed by atoms with Crippen molar-refractivity contribution in [1.82, 2.24) is 0 Å². The first kappa shape index (κ1) is 24.1.